The van der Waals surface area contributed by atoms with Gasteiger partial charge < -0.3 is 16.8 Å². The molecule has 0 aliphatic heterocycles. The van der Waals surface area contributed by atoms with Crippen molar-refractivity contribution in [2.45, 2.75) is 0 Å². The molecule has 2 amide bonds. The average Bonchev–Trinajstić information content (AvgIpc) is 1.88. The smallest absolute Gasteiger partial charge is 0.309 e. The van der Waals surface area contributed by atoms with E-state index in [9.17, 15) is 0 Å². The van der Waals surface area contributed by atoms with Gasteiger partial charge >= 0.3 is 6.03 Å². The molecule has 0 heterocycles. The second-order valence-corrected chi connectivity index (χ2v) is 1.64. The van der Waals surface area contributed by atoms with E-state index in [0.717, 1.165) is 13.1 Å². The topological polar surface area (TPSA) is 81.1 Å². The van der Waals surface area contributed by atoms with Crippen LogP contribution in [0.3, 0.4) is 0 Å². The standard InChI is InChI=1S/C6H11N.CH4N2O.ClH/c1-3-5-7-6-4-2;2-1(3)4;/h3-4,7H,1-2,5-6H2;(H4,2,3,4);1H. The van der Waals surface area contributed by atoms with Gasteiger partial charge in [-0.3, -0.25) is 0 Å². The molecular formula is C7H16ClN3O. The minimum absolute atomic E-state index is 0. The molecule has 0 fully saturated rings. The third-order valence-electron chi connectivity index (χ3n) is 0.577. The van der Waals surface area contributed by atoms with E-state index in [2.05, 4.69) is 29.9 Å². The molecule has 0 bridgehead atoms. The van der Waals surface area contributed by atoms with Gasteiger partial charge in [-0.15, -0.1) is 25.6 Å². The lowest BCUT2D eigenvalue weighted by Gasteiger charge is -1.90. The summed E-state index contributed by atoms with van der Waals surface area (Å²) in [7, 11) is 0. The SMILES string of the molecule is C=CCNCC=C.Cl.NC(N)=O. The Morgan fingerprint density at radius 2 is 1.50 bits per heavy atom. The quantitative estimate of drug-likeness (QED) is 0.446. The second-order valence-electron chi connectivity index (χ2n) is 1.64. The summed E-state index contributed by atoms with van der Waals surface area (Å²) in [4.78, 5) is 9.00. The van der Waals surface area contributed by atoms with Gasteiger partial charge in [-0.2, -0.15) is 0 Å². The van der Waals surface area contributed by atoms with Crippen LogP contribution in [0.15, 0.2) is 25.3 Å². The van der Waals surface area contributed by atoms with Crippen molar-refractivity contribution in [2.24, 2.45) is 11.5 Å². The molecule has 72 valence electrons. The van der Waals surface area contributed by atoms with Crippen LogP contribution >= 0.6 is 12.4 Å². The maximum absolute atomic E-state index is 9.00. The predicted molar refractivity (Wildman–Crippen MR) is 54.3 cm³/mol. The monoisotopic (exact) mass is 193 g/mol. The summed E-state index contributed by atoms with van der Waals surface area (Å²) in [5.41, 5.74) is 8.50. The number of amides is 2. The van der Waals surface area contributed by atoms with Gasteiger partial charge in [0.05, 0.1) is 0 Å². The fraction of sp³-hybridized carbons (Fsp3) is 0.286. The Bertz CT molecular complexity index is 116. The third kappa shape index (κ3) is 64.0. The van der Waals surface area contributed by atoms with Crippen molar-refractivity contribution in [3.63, 3.8) is 0 Å². The minimum Gasteiger partial charge on any atom is -0.352 e. The van der Waals surface area contributed by atoms with Gasteiger partial charge in [0.25, 0.3) is 0 Å². The number of primary amides is 2. The van der Waals surface area contributed by atoms with Crippen LogP contribution in [-0.4, -0.2) is 19.1 Å². The first-order valence-corrected chi connectivity index (χ1v) is 3.12. The molecule has 0 unspecified atom stereocenters. The molecule has 0 rings (SSSR count). The largest absolute Gasteiger partial charge is 0.352 e. The zero-order valence-electron chi connectivity index (χ0n) is 6.95. The molecule has 0 saturated carbocycles. The van der Waals surface area contributed by atoms with Gasteiger partial charge in [0.15, 0.2) is 0 Å². The molecule has 0 aliphatic rings. The summed E-state index contributed by atoms with van der Waals surface area (Å²) >= 11 is 0. The molecular weight excluding hydrogens is 178 g/mol. The van der Waals surface area contributed by atoms with Crippen LogP contribution < -0.4 is 16.8 Å². The minimum atomic E-state index is -0.833. The van der Waals surface area contributed by atoms with Crippen molar-refractivity contribution in [1.82, 2.24) is 5.32 Å². The van der Waals surface area contributed by atoms with Gasteiger partial charge in [-0.05, 0) is 0 Å². The fourth-order valence-electron chi connectivity index (χ4n) is 0.287. The van der Waals surface area contributed by atoms with E-state index in [1.165, 1.54) is 0 Å². The Morgan fingerprint density at radius 1 is 1.25 bits per heavy atom. The lowest BCUT2D eigenvalue weighted by molar-refractivity contribution is 0.256. The third-order valence-corrected chi connectivity index (χ3v) is 0.577. The number of hydrogen-bond donors (Lipinski definition) is 3. The summed E-state index contributed by atoms with van der Waals surface area (Å²) in [6, 6.07) is -0.833. The maximum Gasteiger partial charge on any atom is 0.309 e. The summed E-state index contributed by atoms with van der Waals surface area (Å²) in [5.74, 6) is 0. The van der Waals surface area contributed by atoms with Crippen LogP contribution in [0.5, 0.6) is 0 Å². The first kappa shape index (κ1) is 17.2. The van der Waals surface area contributed by atoms with E-state index in [4.69, 9.17) is 4.79 Å². The van der Waals surface area contributed by atoms with Crippen molar-refractivity contribution < 1.29 is 4.79 Å². The fourth-order valence-corrected chi connectivity index (χ4v) is 0.287. The van der Waals surface area contributed by atoms with Crippen molar-refractivity contribution >= 4 is 18.4 Å². The summed E-state index contributed by atoms with van der Waals surface area (Å²) in [5, 5.41) is 3.05. The Labute approximate surface area is 79.1 Å². The van der Waals surface area contributed by atoms with E-state index in [-0.39, 0.29) is 12.4 Å². The van der Waals surface area contributed by atoms with E-state index in [1.807, 2.05) is 12.2 Å². The molecule has 0 radical (unpaired) electrons. The van der Waals surface area contributed by atoms with E-state index < -0.39 is 6.03 Å². The summed E-state index contributed by atoms with van der Waals surface area (Å²) in [6.45, 7) is 8.81. The number of hydrogen-bond acceptors (Lipinski definition) is 2. The number of nitrogens with two attached hydrogens (primary N) is 2. The van der Waals surface area contributed by atoms with Crippen LogP contribution in [0.25, 0.3) is 0 Å². The van der Waals surface area contributed by atoms with E-state index >= 15 is 0 Å². The molecule has 12 heavy (non-hydrogen) atoms. The van der Waals surface area contributed by atoms with Gasteiger partial charge in [0, 0.05) is 13.1 Å². The number of carbonyl (C=O) groups is 1. The van der Waals surface area contributed by atoms with Crippen molar-refractivity contribution in [1.29, 1.82) is 0 Å². The Kier molecular flexibility index (Phi) is 23.7. The average molecular weight is 194 g/mol. The van der Waals surface area contributed by atoms with Crippen molar-refractivity contribution in [3.8, 4) is 0 Å². The molecule has 4 nitrogen and oxygen atoms in total. The Balaban J connectivity index is -0.000000142. The highest BCUT2D eigenvalue weighted by Crippen LogP contribution is 1.59. The lowest BCUT2D eigenvalue weighted by atomic mass is 10.5. The van der Waals surface area contributed by atoms with Crippen LogP contribution in [0.1, 0.15) is 0 Å². The van der Waals surface area contributed by atoms with Crippen LogP contribution in [0.4, 0.5) is 4.79 Å². The zero-order valence-corrected chi connectivity index (χ0v) is 7.77. The first-order chi connectivity index (χ1) is 5.15. The lowest BCUT2D eigenvalue weighted by Crippen LogP contribution is -2.18. The van der Waals surface area contributed by atoms with E-state index in [1.54, 1.807) is 0 Å². The molecule has 0 saturated heterocycles. The summed E-state index contributed by atoms with van der Waals surface area (Å²) < 4.78 is 0. The Morgan fingerprint density at radius 3 is 1.67 bits per heavy atom. The van der Waals surface area contributed by atoms with Crippen LogP contribution in [0, 0.1) is 0 Å². The van der Waals surface area contributed by atoms with Gasteiger partial charge in [0.2, 0.25) is 0 Å². The van der Waals surface area contributed by atoms with E-state index in [0.29, 0.717) is 0 Å². The molecule has 0 aromatic rings. The number of rotatable bonds is 4. The Hall–Kier alpha value is -1.00. The number of urea groups is 1. The first-order valence-electron chi connectivity index (χ1n) is 3.12. The van der Waals surface area contributed by atoms with Gasteiger partial charge in [-0.25, -0.2) is 4.79 Å². The number of carbonyl (C=O) groups excluding carboxylic acids is 1. The number of halogens is 1. The molecule has 0 aromatic heterocycles. The molecule has 5 heteroatoms. The highest BCUT2D eigenvalue weighted by atomic mass is 35.5. The summed E-state index contributed by atoms with van der Waals surface area (Å²) in [6.07, 6.45) is 3.65. The van der Waals surface area contributed by atoms with Gasteiger partial charge in [-0.1, -0.05) is 12.2 Å². The molecule has 0 spiro atoms. The highest BCUT2D eigenvalue weighted by molar-refractivity contribution is 5.85. The van der Waals surface area contributed by atoms with Crippen molar-refractivity contribution in [3.05, 3.63) is 25.3 Å². The second kappa shape index (κ2) is 16.5. The normalized spacial score (nSPS) is 6.67. The molecule has 0 aliphatic carbocycles. The zero-order chi connectivity index (χ0) is 9.11. The highest BCUT2D eigenvalue weighted by Gasteiger charge is 1.69. The molecule has 0 atom stereocenters. The van der Waals surface area contributed by atoms with Crippen LogP contribution in [-0.2, 0) is 0 Å². The van der Waals surface area contributed by atoms with Crippen LogP contribution in [0.2, 0.25) is 0 Å². The predicted octanol–water partition coefficient (Wildman–Crippen LogP) is 0.394. The number of nitrogens with one attached hydrogen (secondary N) is 1. The van der Waals surface area contributed by atoms with Crippen molar-refractivity contribution in [2.75, 3.05) is 13.1 Å². The maximum atomic E-state index is 9.00. The van der Waals surface area contributed by atoms with Gasteiger partial charge in [0.1, 0.15) is 0 Å². The molecule has 0 aromatic carbocycles. The molecule has 5 N–H and O–H groups in total.